The zero-order valence-electron chi connectivity index (χ0n) is 20.2. The maximum atomic E-state index is 10.3. The molecule has 28 heavy (non-hydrogen) atoms. The first-order valence-corrected chi connectivity index (χ1v) is 12.5. The Kier molecular flexibility index (Phi) is 5.44. The summed E-state index contributed by atoms with van der Waals surface area (Å²) < 4.78 is 8.42. The average Bonchev–Trinajstić information content (AvgIpc) is 3.00. The van der Waals surface area contributed by atoms with Gasteiger partial charge in [-0.05, 0) is 97.7 Å². The zero-order chi connectivity index (χ0) is 21.0. The van der Waals surface area contributed by atoms with Gasteiger partial charge in [-0.2, -0.15) is 0 Å². The molecule has 0 aromatic rings. The molecule has 160 valence electrons. The first kappa shape index (κ1) is 19.7. The number of allylic oxidation sites excluding steroid dienone is 1. The van der Waals surface area contributed by atoms with Crippen LogP contribution in [0.5, 0.6) is 0 Å². The van der Waals surface area contributed by atoms with Crippen LogP contribution in [0.4, 0.5) is 0 Å². The fraction of sp³-hybridized carbons (Fsp3) is 0.926. The van der Waals surface area contributed by atoms with Crippen molar-refractivity contribution in [2.45, 2.75) is 111 Å². The third-order valence-corrected chi connectivity index (χ3v) is 10.1. The Morgan fingerprint density at radius 2 is 1.89 bits per heavy atom. The van der Waals surface area contributed by atoms with Crippen molar-refractivity contribution < 1.29 is 6.48 Å². The van der Waals surface area contributed by atoms with Gasteiger partial charge in [0.1, 0.15) is 0 Å². The minimum Gasteiger partial charge on any atom is -0.393 e. The van der Waals surface area contributed by atoms with Crippen molar-refractivity contribution in [3.8, 4) is 0 Å². The van der Waals surface area contributed by atoms with E-state index < -0.39 is 6.10 Å². The molecule has 3 saturated carbocycles. The van der Waals surface area contributed by atoms with Gasteiger partial charge in [0.2, 0.25) is 0 Å². The summed E-state index contributed by atoms with van der Waals surface area (Å²) >= 11 is 0. The number of aliphatic hydroxyl groups is 1. The fourth-order valence-corrected chi connectivity index (χ4v) is 8.47. The van der Waals surface area contributed by atoms with Crippen molar-refractivity contribution in [3.63, 3.8) is 0 Å². The maximum Gasteiger partial charge on any atom is 0.0577 e. The molecule has 0 heterocycles. The van der Waals surface area contributed by atoms with Gasteiger partial charge in [0.15, 0.2) is 0 Å². The van der Waals surface area contributed by atoms with Crippen LogP contribution in [0.25, 0.3) is 0 Å². The van der Waals surface area contributed by atoms with E-state index >= 15 is 0 Å². The average molecular weight is 388 g/mol. The molecule has 1 heteroatoms. The van der Waals surface area contributed by atoms with Crippen LogP contribution in [-0.2, 0) is 0 Å². The van der Waals surface area contributed by atoms with Crippen molar-refractivity contribution >= 4 is 0 Å². The molecule has 9 atom stereocenters. The quantitative estimate of drug-likeness (QED) is 0.488. The van der Waals surface area contributed by atoms with E-state index in [1.165, 1.54) is 56.9 Å². The van der Waals surface area contributed by atoms with Crippen LogP contribution in [0.15, 0.2) is 11.6 Å². The van der Waals surface area contributed by atoms with Gasteiger partial charge in [0.05, 0.1) is 6.10 Å². The van der Waals surface area contributed by atoms with Gasteiger partial charge in [-0.3, -0.25) is 0 Å². The number of hydrogen-bond acceptors (Lipinski definition) is 1. The second kappa shape index (κ2) is 7.75. The maximum absolute atomic E-state index is 10.3. The van der Waals surface area contributed by atoms with Gasteiger partial charge in [-0.15, -0.1) is 0 Å². The highest BCUT2D eigenvalue weighted by molar-refractivity contribution is 5.25. The van der Waals surface area contributed by atoms with Crippen molar-refractivity contribution in [2.75, 3.05) is 0 Å². The minimum absolute atomic E-state index is 0.177. The SMILES string of the molecule is [2H][C@H]1C[C@@]2(C)C(=CC[C@H]3[C@@H]4CC[C@H]([C@H](C)CCCC(C)C)[C@@]4(C)CC[C@@H]32)C[C@H]1O. The third-order valence-electron chi connectivity index (χ3n) is 10.1. The normalized spacial score (nSPS) is 49.7. The van der Waals surface area contributed by atoms with E-state index in [-0.39, 0.29) is 11.8 Å². The molecule has 0 aliphatic heterocycles. The van der Waals surface area contributed by atoms with E-state index in [1.54, 1.807) is 0 Å². The fourth-order valence-electron chi connectivity index (χ4n) is 8.47. The Labute approximate surface area is 176 Å². The van der Waals surface area contributed by atoms with Gasteiger partial charge in [0.25, 0.3) is 0 Å². The summed E-state index contributed by atoms with van der Waals surface area (Å²) in [6.07, 6.45) is 14.5. The molecular weight excluding hydrogens is 340 g/mol. The number of hydrogen-bond donors (Lipinski definition) is 1. The Morgan fingerprint density at radius 1 is 1.11 bits per heavy atom. The molecule has 4 aliphatic rings. The lowest BCUT2D eigenvalue weighted by atomic mass is 9.47. The molecule has 0 radical (unpaired) electrons. The second-order valence-corrected chi connectivity index (χ2v) is 12.0. The third kappa shape index (κ3) is 3.42. The Balaban J connectivity index is 1.50. The van der Waals surface area contributed by atoms with Gasteiger partial charge in [-0.25, -0.2) is 0 Å². The summed E-state index contributed by atoms with van der Waals surface area (Å²) in [5.41, 5.74) is 2.21. The molecule has 0 unspecified atom stereocenters. The molecule has 0 spiro atoms. The Hall–Kier alpha value is -0.300. The molecule has 4 aliphatic carbocycles. The lowest BCUT2D eigenvalue weighted by Crippen LogP contribution is -2.50. The van der Waals surface area contributed by atoms with Gasteiger partial charge < -0.3 is 5.11 Å². The molecular formula is C27H46O. The van der Waals surface area contributed by atoms with Crippen molar-refractivity contribution in [1.82, 2.24) is 0 Å². The summed E-state index contributed by atoms with van der Waals surface area (Å²) in [4.78, 5) is 0. The van der Waals surface area contributed by atoms with Crippen LogP contribution in [0.1, 0.15) is 107 Å². The lowest BCUT2D eigenvalue weighted by molar-refractivity contribution is -0.0573. The molecule has 4 rings (SSSR count). The van der Waals surface area contributed by atoms with E-state index in [2.05, 4.69) is 40.7 Å². The molecule has 0 amide bonds. The smallest absolute Gasteiger partial charge is 0.0577 e. The van der Waals surface area contributed by atoms with E-state index in [0.29, 0.717) is 5.41 Å². The van der Waals surface area contributed by atoms with Gasteiger partial charge in [0, 0.05) is 1.37 Å². The minimum atomic E-state index is -0.442. The van der Waals surface area contributed by atoms with Crippen molar-refractivity contribution in [2.24, 2.45) is 46.3 Å². The molecule has 0 aromatic heterocycles. The van der Waals surface area contributed by atoms with Crippen LogP contribution in [0.3, 0.4) is 0 Å². The van der Waals surface area contributed by atoms with E-state index in [0.717, 1.165) is 48.3 Å². The highest BCUT2D eigenvalue weighted by atomic mass is 16.3. The molecule has 0 aromatic carbocycles. The highest BCUT2D eigenvalue weighted by Gasteiger charge is 2.59. The summed E-state index contributed by atoms with van der Waals surface area (Å²) in [6, 6.07) is 0. The van der Waals surface area contributed by atoms with Crippen molar-refractivity contribution in [1.29, 1.82) is 0 Å². The predicted molar refractivity (Wildman–Crippen MR) is 119 cm³/mol. The molecule has 1 N–H and O–H groups in total. The molecule has 0 saturated heterocycles. The van der Waals surface area contributed by atoms with Crippen LogP contribution in [-0.4, -0.2) is 11.2 Å². The Bertz CT molecular complexity index is 626. The monoisotopic (exact) mass is 387 g/mol. The molecule has 0 bridgehead atoms. The van der Waals surface area contributed by atoms with Gasteiger partial charge >= 0.3 is 0 Å². The highest BCUT2D eigenvalue weighted by Crippen LogP contribution is 2.67. The number of rotatable bonds is 5. The summed E-state index contributed by atoms with van der Waals surface area (Å²) in [5.74, 6) is 5.06. The first-order chi connectivity index (χ1) is 13.7. The lowest BCUT2D eigenvalue weighted by Gasteiger charge is -2.58. The van der Waals surface area contributed by atoms with Crippen LogP contribution >= 0.6 is 0 Å². The Morgan fingerprint density at radius 3 is 2.64 bits per heavy atom. The largest absolute Gasteiger partial charge is 0.393 e. The molecule has 3 fully saturated rings. The van der Waals surface area contributed by atoms with E-state index in [9.17, 15) is 5.11 Å². The number of fused-ring (bicyclic) bond motifs is 5. The standard InChI is InChI=1S/C27H46O/c1-18(2)7-6-8-19(3)23-11-12-24-22-10-9-20-17-21(28)13-15-26(20,4)25(22)14-16-27(23,24)5/h9,18-19,21-25,28H,6-8,10-17H2,1-5H3/t19-,21+,22+,23-,24+,25+,26+,27-/m1/s1/i13D/t13-,19+,21-,22-,23+,24-,25-,26-,27+/m0. The van der Waals surface area contributed by atoms with Crippen molar-refractivity contribution in [3.05, 3.63) is 11.6 Å². The van der Waals surface area contributed by atoms with Crippen LogP contribution < -0.4 is 0 Å². The second-order valence-electron chi connectivity index (χ2n) is 12.0. The molecule has 1 nitrogen and oxygen atoms in total. The van der Waals surface area contributed by atoms with Crippen LogP contribution in [0, 0.1) is 46.3 Å². The summed E-state index contributed by atoms with van der Waals surface area (Å²) in [7, 11) is 0. The summed E-state index contributed by atoms with van der Waals surface area (Å²) in [6.45, 7) is 12.4. The van der Waals surface area contributed by atoms with E-state index in [4.69, 9.17) is 1.37 Å². The first-order valence-electron chi connectivity index (χ1n) is 13.0. The summed E-state index contributed by atoms with van der Waals surface area (Å²) in [5, 5.41) is 10.3. The number of aliphatic hydroxyl groups excluding tert-OH is 1. The van der Waals surface area contributed by atoms with Gasteiger partial charge in [-0.1, -0.05) is 65.5 Å². The topological polar surface area (TPSA) is 20.2 Å². The zero-order valence-corrected chi connectivity index (χ0v) is 19.2. The van der Waals surface area contributed by atoms with Crippen LogP contribution in [0.2, 0.25) is 0 Å². The predicted octanol–water partition coefficient (Wildman–Crippen LogP) is 7.39. The van der Waals surface area contributed by atoms with E-state index in [1.807, 2.05) is 0 Å².